The second-order valence-electron chi connectivity index (χ2n) is 5.86. The Labute approximate surface area is 120 Å². The predicted molar refractivity (Wildman–Crippen MR) is 74.4 cm³/mol. The lowest BCUT2D eigenvalue weighted by Gasteiger charge is -2.37. The molecule has 2 atom stereocenters. The van der Waals surface area contributed by atoms with Gasteiger partial charge in [0.05, 0.1) is 12.5 Å². The van der Waals surface area contributed by atoms with E-state index in [2.05, 4.69) is 0 Å². The van der Waals surface area contributed by atoms with Gasteiger partial charge < -0.3 is 14.7 Å². The number of hydrogen-bond acceptors (Lipinski definition) is 3. The molecule has 0 radical (unpaired) electrons. The second kappa shape index (κ2) is 7.62. The maximum atomic E-state index is 12.4. The minimum atomic E-state index is -0.779. The summed E-state index contributed by atoms with van der Waals surface area (Å²) >= 11 is 0. The highest BCUT2D eigenvalue weighted by Gasteiger charge is 2.29. The van der Waals surface area contributed by atoms with Crippen LogP contribution in [0.25, 0.3) is 0 Å². The summed E-state index contributed by atoms with van der Waals surface area (Å²) in [6, 6.07) is 0.107. The van der Waals surface area contributed by atoms with Crippen LogP contribution in [0.2, 0.25) is 0 Å². The van der Waals surface area contributed by atoms with Crippen LogP contribution in [0.1, 0.15) is 57.8 Å². The lowest BCUT2D eigenvalue weighted by molar-refractivity contribution is -0.142. The average Bonchev–Trinajstić information content (AvgIpc) is 2.46. The molecule has 5 heteroatoms. The molecule has 0 aromatic heterocycles. The number of piperidine rings is 1. The van der Waals surface area contributed by atoms with E-state index in [0.717, 1.165) is 51.7 Å². The fourth-order valence-electron chi connectivity index (χ4n) is 3.20. The molecule has 0 aromatic carbocycles. The number of nitrogens with zero attached hydrogens (tertiary/aromatic N) is 1. The third-order valence-electron chi connectivity index (χ3n) is 4.32. The third kappa shape index (κ3) is 4.47. The largest absolute Gasteiger partial charge is 0.481 e. The lowest BCUT2D eigenvalue weighted by atomic mass is 9.96. The Morgan fingerprint density at radius 2 is 1.95 bits per heavy atom. The van der Waals surface area contributed by atoms with Crippen molar-refractivity contribution in [2.45, 2.75) is 69.9 Å². The van der Waals surface area contributed by atoms with E-state index in [9.17, 15) is 9.59 Å². The van der Waals surface area contributed by atoms with Crippen molar-refractivity contribution in [1.82, 2.24) is 4.90 Å². The molecule has 0 aromatic rings. The molecule has 2 saturated heterocycles. The van der Waals surface area contributed by atoms with E-state index in [-0.39, 0.29) is 24.5 Å². The molecule has 2 aliphatic heterocycles. The first-order valence-electron chi connectivity index (χ1n) is 7.79. The molecule has 0 saturated carbocycles. The van der Waals surface area contributed by atoms with Crippen molar-refractivity contribution in [2.75, 3.05) is 13.2 Å². The lowest BCUT2D eigenvalue weighted by Crippen LogP contribution is -2.45. The minimum Gasteiger partial charge on any atom is -0.481 e. The number of amides is 1. The smallest absolute Gasteiger partial charge is 0.303 e. The Balaban J connectivity index is 1.85. The number of hydrogen-bond donors (Lipinski definition) is 1. The average molecular weight is 283 g/mol. The number of likely N-dealkylation sites (tertiary alicyclic amines) is 1. The predicted octanol–water partition coefficient (Wildman–Crippen LogP) is 2.19. The fraction of sp³-hybridized carbons (Fsp3) is 0.867. The zero-order valence-corrected chi connectivity index (χ0v) is 12.1. The quantitative estimate of drug-likeness (QED) is 0.840. The SMILES string of the molecule is O=C(O)CCC1CCCCN1C(=O)CC1CCCCO1. The number of rotatable bonds is 5. The van der Waals surface area contributed by atoms with Crippen LogP contribution in [0.15, 0.2) is 0 Å². The maximum Gasteiger partial charge on any atom is 0.303 e. The number of carbonyl (C=O) groups excluding carboxylic acids is 1. The highest BCUT2D eigenvalue weighted by molar-refractivity contribution is 5.77. The van der Waals surface area contributed by atoms with Crippen LogP contribution >= 0.6 is 0 Å². The first-order chi connectivity index (χ1) is 9.66. The maximum absolute atomic E-state index is 12.4. The summed E-state index contributed by atoms with van der Waals surface area (Å²) < 4.78 is 5.63. The first kappa shape index (κ1) is 15.3. The number of aliphatic carboxylic acids is 1. The van der Waals surface area contributed by atoms with Gasteiger partial charge in [-0.1, -0.05) is 0 Å². The molecule has 0 aliphatic carbocycles. The molecule has 2 aliphatic rings. The van der Waals surface area contributed by atoms with Gasteiger partial charge in [0.2, 0.25) is 5.91 Å². The Morgan fingerprint density at radius 3 is 2.65 bits per heavy atom. The van der Waals surface area contributed by atoms with Gasteiger partial charge in [-0.25, -0.2) is 0 Å². The molecule has 0 spiro atoms. The van der Waals surface area contributed by atoms with Crippen LogP contribution in [-0.2, 0) is 14.3 Å². The molecule has 20 heavy (non-hydrogen) atoms. The van der Waals surface area contributed by atoms with Gasteiger partial charge in [-0.2, -0.15) is 0 Å². The summed E-state index contributed by atoms with van der Waals surface area (Å²) in [5.41, 5.74) is 0. The van der Waals surface area contributed by atoms with Crippen molar-refractivity contribution in [3.8, 4) is 0 Å². The van der Waals surface area contributed by atoms with Crippen molar-refractivity contribution >= 4 is 11.9 Å². The van der Waals surface area contributed by atoms with E-state index in [1.807, 2.05) is 4.90 Å². The van der Waals surface area contributed by atoms with Crippen molar-refractivity contribution in [2.24, 2.45) is 0 Å². The molecule has 1 amide bonds. The topological polar surface area (TPSA) is 66.8 Å². The van der Waals surface area contributed by atoms with Gasteiger partial charge in [-0.3, -0.25) is 9.59 Å². The van der Waals surface area contributed by atoms with Gasteiger partial charge in [-0.15, -0.1) is 0 Å². The van der Waals surface area contributed by atoms with Crippen LogP contribution in [0.4, 0.5) is 0 Å². The summed E-state index contributed by atoms with van der Waals surface area (Å²) in [4.78, 5) is 25.0. The summed E-state index contributed by atoms with van der Waals surface area (Å²) in [7, 11) is 0. The monoisotopic (exact) mass is 283 g/mol. The molecule has 2 fully saturated rings. The van der Waals surface area contributed by atoms with E-state index < -0.39 is 5.97 Å². The van der Waals surface area contributed by atoms with E-state index in [1.54, 1.807) is 0 Å². The summed E-state index contributed by atoms with van der Waals surface area (Å²) in [5, 5.41) is 8.81. The molecular formula is C15H25NO4. The Morgan fingerprint density at radius 1 is 1.15 bits per heavy atom. The zero-order chi connectivity index (χ0) is 14.4. The Bertz CT molecular complexity index is 339. The fourth-order valence-corrected chi connectivity index (χ4v) is 3.20. The first-order valence-corrected chi connectivity index (χ1v) is 7.79. The zero-order valence-electron chi connectivity index (χ0n) is 12.1. The van der Waals surface area contributed by atoms with E-state index >= 15 is 0 Å². The standard InChI is InChI=1S/C15H25NO4/c17-14(11-13-6-2-4-10-20-13)16-9-3-1-5-12(16)7-8-15(18)19/h12-13H,1-11H2,(H,18,19). The highest BCUT2D eigenvalue weighted by atomic mass is 16.5. The minimum absolute atomic E-state index is 0.0679. The highest BCUT2D eigenvalue weighted by Crippen LogP contribution is 2.24. The van der Waals surface area contributed by atoms with Crippen LogP contribution in [0.5, 0.6) is 0 Å². The molecule has 1 N–H and O–H groups in total. The molecular weight excluding hydrogens is 258 g/mol. The van der Waals surface area contributed by atoms with Crippen molar-refractivity contribution in [3.05, 3.63) is 0 Å². The van der Waals surface area contributed by atoms with Crippen LogP contribution < -0.4 is 0 Å². The summed E-state index contributed by atoms with van der Waals surface area (Å²) in [5.74, 6) is -0.634. The molecule has 2 unspecified atom stereocenters. The number of carboxylic acid groups (broad SMARTS) is 1. The molecule has 114 valence electrons. The molecule has 2 heterocycles. The van der Waals surface area contributed by atoms with Crippen LogP contribution in [0, 0.1) is 0 Å². The Kier molecular flexibility index (Phi) is 5.83. The van der Waals surface area contributed by atoms with Gasteiger partial charge >= 0.3 is 5.97 Å². The molecule has 0 bridgehead atoms. The van der Waals surface area contributed by atoms with Gasteiger partial charge in [0.25, 0.3) is 0 Å². The molecule has 5 nitrogen and oxygen atoms in total. The van der Waals surface area contributed by atoms with Gasteiger partial charge in [-0.05, 0) is 44.9 Å². The number of ether oxygens (including phenoxy) is 1. The van der Waals surface area contributed by atoms with Gasteiger partial charge in [0.15, 0.2) is 0 Å². The number of carbonyl (C=O) groups is 2. The summed E-state index contributed by atoms with van der Waals surface area (Å²) in [6.07, 6.45) is 7.51. The van der Waals surface area contributed by atoms with Crippen molar-refractivity contribution < 1.29 is 19.4 Å². The van der Waals surface area contributed by atoms with Crippen molar-refractivity contribution in [1.29, 1.82) is 0 Å². The van der Waals surface area contributed by atoms with Crippen LogP contribution in [0.3, 0.4) is 0 Å². The second-order valence-corrected chi connectivity index (χ2v) is 5.86. The van der Waals surface area contributed by atoms with E-state index in [1.165, 1.54) is 0 Å². The molecule has 2 rings (SSSR count). The number of carboxylic acids is 1. The van der Waals surface area contributed by atoms with E-state index in [0.29, 0.717) is 12.8 Å². The van der Waals surface area contributed by atoms with Gasteiger partial charge in [0.1, 0.15) is 0 Å². The van der Waals surface area contributed by atoms with Crippen molar-refractivity contribution in [3.63, 3.8) is 0 Å². The Hall–Kier alpha value is -1.10. The normalized spacial score (nSPS) is 27.3. The third-order valence-corrected chi connectivity index (χ3v) is 4.32. The van der Waals surface area contributed by atoms with E-state index in [4.69, 9.17) is 9.84 Å². The summed E-state index contributed by atoms with van der Waals surface area (Å²) in [6.45, 7) is 1.54. The van der Waals surface area contributed by atoms with Gasteiger partial charge in [0, 0.05) is 25.6 Å². The van der Waals surface area contributed by atoms with Crippen LogP contribution in [-0.4, -0.2) is 47.2 Å².